The third kappa shape index (κ3) is 7.04. The zero-order valence-corrected chi connectivity index (χ0v) is 37.4. The van der Waals surface area contributed by atoms with Gasteiger partial charge in [0.15, 0.2) is 0 Å². The van der Waals surface area contributed by atoms with E-state index in [9.17, 15) is 0 Å². The van der Waals surface area contributed by atoms with E-state index in [1.807, 2.05) is 0 Å². The summed E-state index contributed by atoms with van der Waals surface area (Å²) in [6.45, 7) is 2.39. The molecular formula is C66H47N. The number of para-hydroxylation sites is 1. The van der Waals surface area contributed by atoms with Gasteiger partial charge in [-0.2, -0.15) is 0 Å². The molecule has 1 nitrogen and oxygen atoms in total. The molecule has 0 saturated carbocycles. The monoisotopic (exact) mass is 853 g/mol. The normalized spacial score (nSPS) is 13.8. The van der Waals surface area contributed by atoms with Gasteiger partial charge >= 0.3 is 0 Å². The van der Waals surface area contributed by atoms with Crippen LogP contribution in [0.5, 0.6) is 0 Å². The molecule has 1 aliphatic carbocycles. The van der Waals surface area contributed by atoms with Crippen LogP contribution in [0.2, 0.25) is 0 Å². The number of benzene rings is 11. The molecule has 0 saturated heterocycles. The molecule has 1 atom stereocenters. The van der Waals surface area contributed by atoms with E-state index < -0.39 is 0 Å². The summed E-state index contributed by atoms with van der Waals surface area (Å²) < 4.78 is 0. The zero-order valence-electron chi connectivity index (χ0n) is 37.4. The Labute approximate surface area is 393 Å². The van der Waals surface area contributed by atoms with Crippen LogP contribution in [0.1, 0.15) is 23.6 Å². The number of hydrogen-bond donors (Lipinski definition) is 0. The highest BCUT2D eigenvalue weighted by Crippen LogP contribution is 2.53. The minimum atomic E-state index is -0.262. The number of anilines is 3. The Morgan fingerprint density at radius 3 is 1.34 bits per heavy atom. The molecule has 0 bridgehead atoms. The fourth-order valence-corrected chi connectivity index (χ4v) is 10.6. The van der Waals surface area contributed by atoms with Crippen molar-refractivity contribution in [2.75, 3.05) is 4.90 Å². The van der Waals surface area contributed by atoms with Gasteiger partial charge in [0.2, 0.25) is 0 Å². The van der Waals surface area contributed by atoms with Crippen LogP contribution >= 0.6 is 0 Å². The maximum absolute atomic E-state index is 2.43. The highest BCUT2D eigenvalue weighted by atomic mass is 15.1. The highest BCUT2D eigenvalue weighted by molar-refractivity contribution is 6.09. The van der Waals surface area contributed by atoms with Crippen LogP contribution in [-0.2, 0) is 5.41 Å². The van der Waals surface area contributed by atoms with Gasteiger partial charge in [-0.15, -0.1) is 0 Å². The Balaban J connectivity index is 0.975. The molecule has 0 N–H and O–H groups in total. The van der Waals surface area contributed by atoms with Crippen molar-refractivity contribution in [3.8, 4) is 66.8 Å². The summed E-state index contributed by atoms with van der Waals surface area (Å²) in [5.74, 6) is 0. The van der Waals surface area contributed by atoms with Crippen LogP contribution in [0.4, 0.5) is 17.1 Å². The molecule has 0 heterocycles. The molecule has 0 radical (unpaired) electrons. The minimum Gasteiger partial charge on any atom is -0.310 e. The number of nitrogens with zero attached hydrogens (tertiary/aromatic N) is 1. The third-order valence-corrected chi connectivity index (χ3v) is 14.0. The average Bonchev–Trinajstić information content (AvgIpc) is 3.67. The quantitative estimate of drug-likeness (QED) is 0.140. The van der Waals surface area contributed by atoms with E-state index in [1.165, 1.54) is 94.2 Å². The van der Waals surface area contributed by atoms with E-state index >= 15 is 0 Å². The van der Waals surface area contributed by atoms with Gasteiger partial charge in [-0.3, -0.25) is 0 Å². The topological polar surface area (TPSA) is 3.24 Å². The Morgan fingerprint density at radius 2 is 0.716 bits per heavy atom. The maximum Gasteiger partial charge on any atom is 0.0540 e. The van der Waals surface area contributed by atoms with Crippen molar-refractivity contribution in [1.29, 1.82) is 0 Å². The summed E-state index contributed by atoms with van der Waals surface area (Å²) in [4.78, 5) is 2.43. The summed E-state index contributed by atoms with van der Waals surface area (Å²) in [5.41, 5.74) is 21.6. The van der Waals surface area contributed by atoms with Crippen molar-refractivity contribution in [3.63, 3.8) is 0 Å². The van der Waals surface area contributed by atoms with Gasteiger partial charge < -0.3 is 4.90 Å². The van der Waals surface area contributed by atoms with Crippen LogP contribution in [-0.4, -0.2) is 0 Å². The van der Waals surface area contributed by atoms with E-state index in [0.29, 0.717) is 0 Å². The molecule has 1 unspecified atom stereocenters. The van der Waals surface area contributed by atoms with Crippen molar-refractivity contribution >= 4 is 27.8 Å². The SMILES string of the molecule is CC1(c2ccccc2)c2ccccc2-c2ccc(-c3ccc(N(c4ccc(-c5ccc(-c6ccccc6)cc5)cc4)c4ccccc4-c4cccc5cccc(-c6ccccc6)c45)cc3)cc21. The number of rotatable bonds is 9. The molecule has 316 valence electrons. The maximum atomic E-state index is 2.43. The van der Waals surface area contributed by atoms with E-state index in [2.05, 4.69) is 279 Å². The first-order valence-corrected chi connectivity index (χ1v) is 23.2. The lowest BCUT2D eigenvalue weighted by Crippen LogP contribution is -2.22. The first kappa shape index (κ1) is 40.0. The van der Waals surface area contributed by atoms with E-state index in [4.69, 9.17) is 0 Å². The summed E-state index contributed by atoms with van der Waals surface area (Å²) in [6, 6.07) is 97.7. The summed E-state index contributed by atoms with van der Waals surface area (Å²) in [6.07, 6.45) is 0. The second-order valence-corrected chi connectivity index (χ2v) is 17.8. The van der Waals surface area contributed by atoms with Gasteiger partial charge in [0.25, 0.3) is 0 Å². The average molecular weight is 854 g/mol. The Hall–Kier alpha value is -8.52. The lowest BCUT2D eigenvalue weighted by Gasteiger charge is -2.29. The molecule has 12 rings (SSSR count). The summed E-state index contributed by atoms with van der Waals surface area (Å²) in [5, 5.41) is 2.46. The number of hydrogen-bond acceptors (Lipinski definition) is 1. The summed E-state index contributed by atoms with van der Waals surface area (Å²) >= 11 is 0. The van der Waals surface area contributed by atoms with E-state index in [-0.39, 0.29) is 5.41 Å². The molecular weight excluding hydrogens is 807 g/mol. The van der Waals surface area contributed by atoms with Crippen LogP contribution in [0.15, 0.2) is 267 Å². The highest BCUT2D eigenvalue weighted by Gasteiger charge is 2.40. The molecule has 0 amide bonds. The predicted molar refractivity (Wildman–Crippen MR) is 283 cm³/mol. The molecule has 11 aromatic rings. The van der Waals surface area contributed by atoms with Crippen LogP contribution in [0, 0.1) is 0 Å². The standard InChI is InChI=1S/C66H47N/c1-66(54-23-9-4-10-24-54)62-29-13-11-25-58(62)59-44-39-53(45-63(59)66)50-37-42-56(43-38-50)67(55-40-35-49(36-41-55)48-33-31-47(32-34-48)46-17-5-2-6-18-46)64-30-14-12-26-60(64)61-28-16-22-52-21-15-27-57(65(52)61)51-19-7-3-8-20-51/h2-45H,1H3. The minimum absolute atomic E-state index is 0.262. The van der Waals surface area contributed by atoms with Gasteiger partial charge in [-0.05, 0) is 132 Å². The molecule has 67 heavy (non-hydrogen) atoms. The fourth-order valence-electron chi connectivity index (χ4n) is 10.6. The largest absolute Gasteiger partial charge is 0.310 e. The lowest BCUT2D eigenvalue weighted by atomic mass is 9.74. The van der Waals surface area contributed by atoms with E-state index in [0.717, 1.165) is 17.1 Å². The van der Waals surface area contributed by atoms with Gasteiger partial charge in [0.1, 0.15) is 0 Å². The smallest absolute Gasteiger partial charge is 0.0540 e. The molecule has 0 aliphatic heterocycles. The van der Waals surface area contributed by atoms with Crippen molar-refractivity contribution in [3.05, 3.63) is 284 Å². The van der Waals surface area contributed by atoms with E-state index in [1.54, 1.807) is 0 Å². The van der Waals surface area contributed by atoms with Crippen LogP contribution in [0.3, 0.4) is 0 Å². The Bertz CT molecular complexity index is 3530. The third-order valence-electron chi connectivity index (χ3n) is 14.0. The van der Waals surface area contributed by atoms with Gasteiger partial charge in [0.05, 0.1) is 5.69 Å². The van der Waals surface area contributed by atoms with Crippen molar-refractivity contribution < 1.29 is 0 Å². The van der Waals surface area contributed by atoms with Crippen LogP contribution < -0.4 is 4.90 Å². The molecule has 11 aromatic carbocycles. The number of fused-ring (bicyclic) bond motifs is 4. The zero-order chi connectivity index (χ0) is 44.7. The van der Waals surface area contributed by atoms with Gasteiger partial charge in [-0.25, -0.2) is 0 Å². The second kappa shape index (κ2) is 16.8. The van der Waals surface area contributed by atoms with Gasteiger partial charge in [0, 0.05) is 22.4 Å². The van der Waals surface area contributed by atoms with Crippen LogP contribution in [0.25, 0.3) is 77.5 Å². The van der Waals surface area contributed by atoms with Crippen molar-refractivity contribution in [1.82, 2.24) is 0 Å². The second-order valence-electron chi connectivity index (χ2n) is 17.8. The lowest BCUT2D eigenvalue weighted by molar-refractivity contribution is 0.714. The Morgan fingerprint density at radius 1 is 0.284 bits per heavy atom. The fraction of sp³-hybridized carbons (Fsp3) is 0.0303. The van der Waals surface area contributed by atoms with Crippen molar-refractivity contribution in [2.24, 2.45) is 0 Å². The molecule has 1 aliphatic rings. The molecule has 0 fully saturated rings. The first-order chi connectivity index (χ1) is 33.1. The molecule has 1 heteroatoms. The molecule has 0 aromatic heterocycles. The van der Waals surface area contributed by atoms with Crippen molar-refractivity contribution in [2.45, 2.75) is 12.3 Å². The summed E-state index contributed by atoms with van der Waals surface area (Å²) in [7, 11) is 0. The predicted octanol–water partition coefficient (Wildman–Crippen LogP) is 18.0. The van der Waals surface area contributed by atoms with Gasteiger partial charge in [-0.1, -0.05) is 231 Å². The first-order valence-electron chi connectivity index (χ1n) is 23.2. The molecule has 0 spiro atoms. The Kier molecular flexibility index (Phi) is 10.0.